The molecule has 0 unspecified atom stereocenters. The van der Waals surface area contributed by atoms with Crippen molar-refractivity contribution < 1.29 is 23.9 Å². The van der Waals surface area contributed by atoms with E-state index in [1.807, 2.05) is 12.1 Å². The van der Waals surface area contributed by atoms with Crippen molar-refractivity contribution >= 4 is 40.9 Å². The number of carbonyl (C=O) groups excluding carboxylic acids is 2. The van der Waals surface area contributed by atoms with Gasteiger partial charge in [0.2, 0.25) is 11.8 Å². The summed E-state index contributed by atoms with van der Waals surface area (Å²) in [5, 5.41) is 9.89. The van der Waals surface area contributed by atoms with Crippen molar-refractivity contribution in [3.8, 4) is 0 Å². The predicted octanol–water partition coefficient (Wildman–Crippen LogP) is 2.37. The number of aliphatic carboxylic acids is 1. The highest BCUT2D eigenvalue weighted by Gasteiger charge is 2.69. The Kier molecular flexibility index (Phi) is 4.27. The van der Waals surface area contributed by atoms with Crippen molar-refractivity contribution in [3.63, 3.8) is 0 Å². The van der Waals surface area contributed by atoms with Crippen LogP contribution in [0.15, 0.2) is 32.6 Å². The SMILES string of the molecule is O=C(O)CCCN1C(=O)[C@@H]2[C@H]3C[C@@H]([C@H]2C1=O)[C@H]1[C@@H](c2ccco2)c2sc(=O)[nH]c2S[C@H]31. The van der Waals surface area contributed by atoms with Crippen molar-refractivity contribution in [3.05, 3.63) is 38.7 Å². The van der Waals surface area contributed by atoms with E-state index in [2.05, 4.69) is 4.98 Å². The zero-order valence-electron chi connectivity index (χ0n) is 16.4. The number of aromatic nitrogens is 1. The van der Waals surface area contributed by atoms with Gasteiger partial charge in [-0.25, -0.2) is 0 Å². The van der Waals surface area contributed by atoms with E-state index in [1.165, 1.54) is 16.2 Å². The number of furan rings is 1. The van der Waals surface area contributed by atoms with Crippen LogP contribution in [-0.4, -0.2) is 44.6 Å². The maximum absolute atomic E-state index is 13.3. The van der Waals surface area contributed by atoms with Gasteiger partial charge in [0.15, 0.2) is 0 Å². The Morgan fingerprint density at radius 2 is 2.00 bits per heavy atom. The minimum absolute atomic E-state index is 0.0499. The third kappa shape index (κ3) is 2.67. The van der Waals surface area contributed by atoms with Crippen LogP contribution in [0.5, 0.6) is 0 Å². The number of nitrogens with zero attached hydrogens (tertiary/aromatic N) is 1. The molecule has 4 heterocycles. The summed E-state index contributed by atoms with van der Waals surface area (Å²) in [7, 11) is 0. The fraction of sp³-hybridized carbons (Fsp3) is 0.524. The van der Waals surface area contributed by atoms with Crippen molar-refractivity contribution in [2.24, 2.45) is 29.6 Å². The van der Waals surface area contributed by atoms with E-state index in [0.29, 0.717) is 0 Å². The van der Waals surface area contributed by atoms with Gasteiger partial charge in [0, 0.05) is 18.2 Å². The quantitative estimate of drug-likeness (QED) is 0.657. The Morgan fingerprint density at radius 3 is 2.71 bits per heavy atom. The number of H-pyrrole nitrogens is 1. The number of carbonyl (C=O) groups is 3. The maximum atomic E-state index is 13.3. The van der Waals surface area contributed by atoms with Gasteiger partial charge in [0.05, 0.1) is 33.9 Å². The van der Waals surface area contributed by atoms with Crippen LogP contribution < -0.4 is 4.87 Å². The number of thiazole rings is 1. The standard InChI is InChI=1S/C21H20N2O6S2/c24-11(25)4-1-5-23-19(26)13-8-7-9(14(13)20(23)27)16-12(8)15(10-3-2-6-29-10)17-18(30-16)22-21(28)31-17/h2-3,6,8-9,12-16H,1,4-5,7H2,(H,22,28)(H,24,25)/t8-,9-,12+,13-,14-,15-,16-/m1/s1. The lowest BCUT2D eigenvalue weighted by atomic mass is 9.69. The van der Waals surface area contributed by atoms with E-state index in [-0.39, 0.29) is 76.8 Å². The first-order valence-electron chi connectivity index (χ1n) is 10.5. The van der Waals surface area contributed by atoms with Gasteiger partial charge in [0.1, 0.15) is 5.76 Å². The Balaban J connectivity index is 1.36. The molecule has 8 nitrogen and oxygen atoms in total. The zero-order chi connectivity index (χ0) is 21.4. The number of nitrogens with one attached hydrogen (secondary N) is 1. The highest BCUT2D eigenvalue weighted by Crippen LogP contribution is 2.68. The molecule has 2 bridgehead atoms. The molecule has 3 fully saturated rings. The van der Waals surface area contributed by atoms with Crippen LogP contribution in [-0.2, 0) is 14.4 Å². The second-order valence-corrected chi connectivity index (χ2v) is 11.0. The molecule has 2 aliphatic heterocycles. The molecule has 162 valence electrons. The van der Waals surface area contributed by atoms with Crippen molar-refractivity contribution in [2.75, 3.05) is 6.54 Å². The highest BCUT2D eigenvalue weighted by atomic mass is 32.2. The van der Waals surface area contributed by atoms with Crippen LogP contribution in [0.4, 0.5) is 0 Å². The van der Waals surface area contributed by atoms with Crippen LogP contribution in [0.1, 0.15) is 35.8 Å². The van der Waals surface area contributed by atoms with Crippen molar-refractivity contribution in [1.29, 1.82) is 0 Å². The number of hydrogen-bond donors (Lipinski definition) is 2. The second kappa shape index (κ2) is 6.83. The maximum Gasteiger partial charge on any atom is 0.305 e. The Morgan fingerprint density at radius 1 is 1.23 bits per heavy atom. The molecule has 0 aromatic carbocycles. The molecule has 10 heteroatoms. The predicted molar refractivity (Wildman–Crippen MR) is 111 cm³/mol. The lowest BCUT2D eigenvalue weighted by Gasteiger charge is -2.42. The first-order valence-corrected chi connectivity index (χ1v) is 12.2. The summed E-state index contributed by atoms with van der Waals surface area (Å²) in [5.74, 6) is -0.965. The molecule has 4 aliphatic rings. The number of rotatable bonds is 5. The number of fused-ring (bicyclic) bond motifs is 9. The number of likely N-dealkylation sites (tertiary alicyclic amines) is 1. The minimum atomic E-state index is -0.928. The highest BCUT2D eigenvalue weighted by molar-refractivity contribution is 8.00. The summed E-state index contributed by atoms with van der Waals surface area (Å²) in [6.45, 7) is 0.168. The molecule has 2 aliphatic carbocycles. The van der Waals surface area contributed by atoms with E-state index < -0.39 is 5.97 Å². The van der Waals surface area contributed by atoms with Gasteiger partial charge in [-0.3, -0.25) is 24.1 Å². The van der Waals surface area contributed by atoms with Gasteiger partial charge in [-0.1, -0.05) is 11.3 Å². The van der Waals surface area contributed by atoms with E-state index >= 15 is 0 Å². The average Bonchev–Trinajstić information content (AvgIpc) is 3.51. The van der Waals surface area contributed by atoms with Gasteiger partial charge in [-0.2, -0.15) is 0 Å². The number of carboxylic acid groups (broad SMARTS) is 1. The number of hydrogen-bond acceptors (Lipinski definition) is 7. The Bertz CT molecular complexity index is 1140. The van der Waals surface area contributed by atoms with Gasteiger partial charge in [-0.15, -0.1) is 11.8 Å². The molecule has 31 heavy (non-hydrogen) atoms. The van der Waals surface area contributed by atoms with Crippen molar-refractivity contribution in [2.45, 2.75) is 35.5 Å². The average molecular weight is 461 g/mol. The number of carboxylic acids is 1. The number of aromatic amines is 1. The summed E-state index contributed by atoms with van der Waals surface area (Å²) in [5.41, 5.74) is 0. The second-order valence-electron chi connectivity index (χ2n) is 8.80. The molecule has 6 rings (SSSR count). The Hall–Kier alpha value is -2.33. The molecule has 2 aromatic rings. The molecular weight excluding hydrogens is 440 g/mol. The Labute approximate surface area is 185 Å². The first-order chi connectivity index (χ1) is 15.0. The number of imide groups is 1. The summed E-state index contributed by atoms with van der Waals surface area (Å²) in [6, 6.07) is 3.76. The van der Waals surface area contributed by atoms with Crippen LogP contribution in [0.2, 0.25) is 0 Å². The molecular formula is C21H20N2O6S2. The lowest BCUT2D eigenvalue weighted by Crippen LogP contribution is -2.42. The fourth-order valence-electron chi connectivity index (χ4n) is 6.47. The summed E-state index contributed by atoms with van der Waals surface area (Å²) in [6.07, 6.45) is 2.67. The minimum Gasteiger partial charge on any atom is -0.481 e. The lowest BCUT2D eigenvalue weighted by molar-refractivity contribution is -0.142. The smallest absolute Gasteiger partial charge is 0.305 e. The molecule has 2 amide bonds. The van der Waals surface area contributed by atoms with Crippen LogP contribution in [0, 0.1) is 29.6 Å². The van der Waals surface area contributed by atoms with E-state index in [4.69, 9.17) is 9.52 Å². The summed E-state index contributed by atoms with van der Waals surface area (Å²) < 4.78 is 5.77. The third-order valence-corrected chi connectivity index (χ3v) is 10.0. The summed E-state index contributed by atoms with van der Waals surface area (Å²) in [4.78, 5) is 54.5. The fourth-order valence-corrected chi connectivity index (χ4v) is 9.34. The van der Waals surface area contributed by atoms with Crippen LogP contribution in [0.25, 0.3) is 0 Å². The molecule has 7 atom stereocenters. The summed E-state index contributed by atoms with van der Waals surface area (Å²) >= 11 is 2.85. The number of amides is 2. The molecule has 1 saturated heterocycles. The zero-order valence-corrected chi connectivity index (χ0v) is 18.0. The molecule has 0 radical (unpaired) electrons. The van der Waals surface area contributed by atoms with E-state index in [1.54, 1.807) is 18.0 Å². The molecule has 2 N–H and O–H groups in total. The monoisotopic (exact) mass is 460 g/mol. The van der Waals surface area contributed by atoms with Crippen molar-refractivity contribution in [1.82, 2.24) is 9.88 Å². The number of thioether (sulfide) groups is 1. The van der Waals surface area contributed by atoms with Crippen LogP contribution in [0.3, 0.4) is 0 Å². The van der Waals surface area contributed by atoms with Gasteiger partial charge < -0.3 is 14.5 Å². The van der Waals surface area contributed by atoms with Gasteiger partial charge in [0.25, 0.3) is 0 Å². The molecule has 2 saturated carbocycles. The molecule has 2 aromatic heterocycles. The first kappa shape index (κ1) is 19.4. The van der Waals surface area contributed by atoms with E-state index in [0.717, 1.165) is 22.1 Å². The molecule has 0 spiro atoms. The van der Waals surface area contributed by atoms with Gasteiger partial charge >= 0.3 is 10.8 Å². The van der Waals surface area contributed by atoms with Gasteiger partial charge in [-0.05, 0) is 42.7 Å². The largest absolute Gasteiger partial charge is 0.481 e. The topological polar surface area (TPSA) is 121 Å². The third-order valence-electron chi connectivity index (χ3n) is 7.44. The van der Waals surface area contributed by atoms with Crippen LogP contribution >= 0.6 is 23.1 Å². The normalized spacial score (nSPS) is 35.4. The van der Waals surface area contributed by atoms with E-state index in [9.17, 15) is 19.2 Å².